The highest BCUT2D eigenvalue weighted by Crippen LogP contribution is 2.23. The number of piperidine rings is 1. The van der Waals surface area contributed by atoms with Crippen molar-refractivity contribution in [3.05, 3.63) is 65.2 Å². The van der Waals surface area contributed by atoms with Crippen LogP contribution in [0.1, 0.15) is 18.9 Å². The number of hydrogen-bond acceptors (Lipinski definition) is 4. The number of nitrogens with one attached hydrogen (secondary N) is 1. The smallest absolute Gasteiger partial charge is 0.190 e. The van der Waals surface area contributed by atoms with Crippen molar-refractivity contribution in [2.75, 3.05) is 19.7 Å². The predicted molar refractivity (Wildman–Crippen MR) is 108 cm³/mol. The van der Waals surface area contributed by atoms with Crippen LogP contribution in [0, 0.1) is 11.3 Å². The summed E-state index contributed by atoms with van der Waals surface area (Å²) < 4.78 is 5.52. The number of rotatable bonds is 5. The van der Waals surface area contributed by atoms with Gasteiger partial charge in [0, 0.05) is 30.4 Å². The summed E-state index contributed by atoms with van der Waals surface area (Å²) in [6.45, 7) is 4.97. The van der Waals surface area contributed by atoms with Gasteiger partial charge in [-0.1, -0.05) is 41.9 Å². The lowest BCUT2D eigenvalue weighted by Crippen LogP contribution is -2.44. The molecule has 0 spiro atoms. The van der Waals surface area contributed by atoms with E-state index in [4.69, 9.17) is 26.7 Å². The van der Waals surface area contributed by atoms with E-state index in [-0.39, 0.29) is 5.92 Å². The number of ether oxygens (including phenoxy) is 1. The van der Waals surface area contributed by atoms with Crippen molar-refractivity contribution in [1.29, 1.82) is 5.41 Å². The van der Waals surface area contributed by atoms with Gasteiger partial charge in [-0.15, -0.1) is 0 Å². The maximum atomic E-state index is 8.33. The fourth-order valence-corrected chi connectivity index (χ4v) is 3.32. The third kappa shape index (κ3) is 4.93. The molecule has 0 saturated carbocycles. The van der Waals surface area contributed by atoms with Crippen LogP contribution in [0.25, 0.3) is 0 Å². The molecule has 1 saturated heterocycles. The van der Waals surface area contributed by atoms with E-state index < -0.39 is 0 Å². The van der Waals surface area contributed by atoms with Crippen LogP contribution < -0.4 is 0 Å². The first-order valence-corrected chi connectivity index (χ1v) is 9.34. The van der Waals surface area contributed by atoms with E-state index in [1.165, 1.54) is 5.56 Å². The van der Waals surface area contributed by atoms with E-state index in [1.807, 2.05) is 37.3 Å². The molecule has 0 aliphatic carbocycles. The fraction of sp³-hybridized carbons (Fsp3) is 0.333. The molecular weight excluding hydrogens is 346 g/mol. The highest BCUT2D eigenvalue weighted by molar-refractivity contribution is 6.30. The van der Waals surface area contributed by atoms with E-state index in [1.54, 1.807) is 0 Å². The van der Waals surface area contributed by atoms with Gasteiger partial charge in [0.05, 0.1) is 18.2 Å². The molecule has 1 aliphatic heterocycles. The van der Waals surface area contributed by atoms with Gasteiger partial charge in [0.15, 0.2) is 5.90 Å². The molecule has 0 radical (unpaired) electrons. The van der Waals surface area contributed by atoms with Crippen molar-refractivity contribution in [3.8, 4) is 0 Å². The Bertz CT molecular complexity index is 759. The predicted octanol–water partition coefficient (Wildman–Crippen LogP) is 4.95. The molecule has 1 heterocycles. The molecule has 0 bridgehead atoms. The third-order valence-corrected chi connectivity index (χ3v) is 4.74. The number of hydrogen-bond donors (Lipinski definition) is 1. The van der Waals surface area contributed by atoms with Crippen LogP contribution in [0.2, 0.25) is 5.02 Å². The average Bonchev–Trinajstić information content (AvgIpc) is 2.66. The zero-order chi connectivity index (χ0) is 18.4. The average molecular weight is 370 g/mol. The molecule has 1 fully saturated rings. The Labute approximate surface area is 160 Å². The molecule has 5 heteroatoms. The van der Waals surface area contributed by atoms with E-state index >= 15 is 0 Å². The lowest BCUT2D eigenvalue weighted by Gasteiger charge is -2.33. The van der Waals surface area contributed by atoms with Gasteiger partial charge in [0.25, 0.3) is 0 Å². The first kappa shape index (κ1) is 18.6. The summed E-state index contributed by atoms with van der Waals surface area (Å²) in [7, 11) is 0. The zero-order valence-electron chi connectivity index (χ0n) is 15.0. The minimum atomic E-state index is -0.108. The van der Waals surface area contributed by atoms with Gasteiger partial charge in [0.1, 0.15) is 0 Å². The molecule has 3 rings (SSSR count). The van der Waals surface area contributed by atoms with Gasteiger partial charge < -0.3 is 4.74 Å². The van der Waals surface area contributed by atoms with Crippen molar-refractivity contribution >= 4 is 28.9 Å². The number of benzene rings is 2. The maximum absolute atomic E-state index is 8.33. The summed E-state index contributed by atoms with van der Waals surface area (Å²) >= 11 is 5.96. The molecule has 2 aromatic carbocycles. The fourth-order valence-electron chi connectivity index (χ4n) is 3.19. The molecule has 1 unspecified atom stereocenters. The van der Waals surface area contributed by atoms with Crippen LogP contribution in [-0.2, 0) is 11.3 Å². The lowest BCUT2D eigenvalue weighted by molar-refractivity contribution is 0.229. The van der Waals surface area contributed by atoms with Gasteiger partial charge in [-0.3, -0.25) is 15.3 Å². The molecule has 136 valence electrons. The minimum Gasteiger partial charge on any atom is -0.481 e. The van der Waals surface area contributed by atoms with Crippen molar-refractivity contribution in [1.82, 2.24) is 4.90 Å². The maximum Gasteiger partial charge on any atom is 0.190 e. The summed E-state index contributed by atoms with van der Waals surface area (Å²) in [4.78, 5) is 7.17. The van der Waals surface area contributed by atoms with E-state index in [2.05, 4.69) is 29.2 Å². The van der Waals surface area contributed by atoms with Gasteiger partial charge in [-0.2, -0.15) is 0 Å². The van der Waals surface area contributed by atoms with Crippen LogP contribution >= 0.6 is 11.6 Å². The Hall–Kier alpha value is -2.17. The summed E-state index contributed by atoms with van der Waals surface area (Å²) in [5, 5.41) is 9.03. The largest absolute Gasteiger partial charge is 0.481 e. The lowest BCUT2D eigenvalue weighted by atomic mass is 9.94. The first-order chi connectivity index (χ1) is 12.7. The Morgan fingerprint density at radius 3 is 2.62 bits per heavy atom. The van der Waals surface area contributed by atoms with Crippen LogP contribution in [0.5, 0.6) is 0 Å². The number of aliphatic imine (C=N–C) groups is 1. The Morgan fingerprint density at radius 1 is 1.19 bits per heavy atom. The topological polar surface area (TPSA) is 48.7 Å². The van der Waals surface area contributed by atoms with E-state index in [0.29, 0.717) is 17.5 Å². The second-order valence-corrected chi connectivity index (χ2v) is 6.84. The zero-order valence-corrected chi connectivity index (χ0v) is 15.7. The van der Waals surface area contributed by atoms with Crippen molar-refractivity contribution in [3.63, 3.8) is 0 Å². The minimum absolute atomic E-state index is 0.108. The molecule has 2 aromatic rings. The highest BCUT2D eigenvalue weighted by Gasteiger charge is 2.30. The quantitative estimate of drug-likeness (QED) is 0.598. The number of halogens is 1. The molecule has 4 nitrogen and oxygen atoms in total. The third-order valence-electron chi connectivity index (χ3n) is 4.49. The Balaban J connectivity index is 1.77. The second-order valence-electron chi connectivity index (χ2n) is 6.40. The van der Waals surface area contributed by atoms with Crippen molar-refractivity contribution < 1.29 is 4.74 Å². The normalized spacial score (nSPS) is 19.5. The number of likely N-dealkylation sites (tertiary alicyclic amines) is 1. The van der Waals surface area contributed by atoms with Crippen LogP contribution in [0.4, 0.5) is 5.69 Å². The summed E-state index contributed by atoms with van der Waals surface area (Å²) in [5.74, 6) is 0.195. The number of nitrogens with zero attached hydrogens (tertiary/aromatic N) is 2. The van der Waals surface area contributed by atoms with Crippen LogP contribution in [0.3, 0.4) is 0 Å². The molecule has 1 N–H and O–H groups in total. The SMILES string of the molecule is CCOC(=N)C1CN(Cc2ccccc2)CCC1=Nc1ccc(Cl)cc1. The van der Waals surface area contributed by atoms with Gasteiger partial charge >= 0.3 is 0 Å². The van der Waals surface area contributed by atoms with E-state index in [9.17, 15) is 0 Å². The summed E-state index contributed by atoms with van der Waals surface area (Å²) in [6.07, 6.45) is 0.829. The summed E-state index contributed by atoms with van der Waals surface area (Å²) in [5.41, 5.74) is 3.16. The molecule has 26 heavy (non-hydrogen) atoms. The van der Waals surface area contributed by atoms with Crippen molar-refractivity contribution in [2.45, 2.75) is 19.9 Å². The second kappa shape index (κ2) is 8.97. The van der Waals surface area contributed by atoms with Crippen molar-refractivity contribution in [2.24, 2.45) is 10.9 Å². The highest BCUT2D eigenvalue weighted by atomic mass is 35.5. The monoisotopic (exact) mass is 369 g/mol. The van der Waals surface area contributed by atoms with Crippen LogP contribution in [-0.4, -0.2) is 36.2 Å². The molecule has 1 aliphatic rings. The summed E-state index contributed by atoms with van der Waals surface area (Å²) in [6, 6.07) is 17.9. The van der Waals surface area contributed by atoms with Gasteiger partial charge in [-0.25, -0.2) is 0 Å². The molecule has 0 amide bonds. The Kier molecular flexibility index (Phi) is 6.42. The Morgan fingerprint density at radius 2 is 1.92 bits per heavy atom. The molecular formula is C21H24ClN3O. The van der Waals surface area contributed by atoms with Crippen LogP contribution in [0.15, 0.2) is 59.6 Å². The van der Waals surface area contributed by atoms with Gasteiger partial charge in [-0.05, 0) is 43.2 Å². The standard InChI is InChI=1S/C21H24ClN3O/c1-2-26-21(23)19-15-25(14-16-6-4-3-5-7-16)13-12-20(19)24-18-10-8-17(22)9-11-18/h3-11,19,23H,2,12-15H2,1H3. The first-order valence-electron chi connectivity index (χ1n) is 8.96. The van der Waals surface area contributed by atoms with E-state index in [0.717, 1.165) is 37.5 Å². The molecule has 1 atom stereocenters. The molecule has 0 aromatic heterocycles. The van der Waals surface area contributed by atoms with Gasteiger partial charge in [0.2, 0.25) is 0 Å².